The number of nitrogens with zero attached hydrogens (tertiary/aromatic N) is 4. The lowest BCUT2D eigenvalue weighted by atomic mass is 10.1. The molecule has 0 bridgehead atoms. The van der Waals surface area contributed by atoms with Crippen LogP contribution in [-0.2, 0) is 0 Å². The van der Waals surface area contributed by atoms with Gasteiger partial charge in [0.1, 0.15) is 11.7 Å². The van der Waals surface area contributed by atoms with Crippen LogP contribution >= 0.6 is 0 Å². The number of rotatable bonds is 2. The molecule has 4 rings (SSSR count). The Morgan fingerprint density at radius 2 is 1.93 bits per heavy atom. The number of pyridine rings is 1. The lowest BCUT2D eigenvalue weighted by Gasteiger charge is -2.31. The van der Waals surface area contributed by atoms with E-state index in [0.717, 1.165) is 5.39 Å². The summed E-state index contributed by atoms with van der Waals surface area (Å²) in [5.74, 6) is -2.98. The second-order valence-corrected chi connectivity index (χ2v) is 6.60. The lowest BCUT2D eigenvalue weighted by Crippen LogP contribution is -2.42. The number of likely N-dealkylation sites (tertiary alicyclic amines) is 1. The summed E-state index contributed by atoms with van der Waals surface area (Å²) in [5.41, 5.74) is 2.23. The summed E-state index contributed by atoms with van der Waals surface area (Å²) in [7, 11) is 0. The molecule has 3 aromatic rings. The molecule has 1 fully saturated rings. The van der Waals surface area contributed by atoms with Crippen molar-refractivity contribution in [1.82, 2.24) is 14.5 Å². The Morgan fingerprint density at radius 3 is 2.67 bits per heavy atom. The molecule has 2 aromatic heterocycles. The van der Waals surface area contributed by atoms with Crippen LogP contribution in [0.25, 0.3) is 16.7 Å². The Morgan fingerprint density at radius 1 is 1.19 bits per heavy atom. The van der Waals surface area contributed by atoms with Crippen molar-refractivity contribution in [3.63, 3.8) is 0 Å². The van der Waals surface area contributed by atoms with Gasteiger partial charge < -0.3 is 4.90 Å². The minimum Gasteiger partial charge on any atom is -0.338 e. The smallest absolute Gasteiger partial charge is 0.255 e. The van der Waals surface area contributed by atoms with E-state index in [4.69, 9.17) is 0 Å². The van der Waals surface area contributed by atoms with Gasteiger partial charge in [-0.05, 0) is 24.3 Å². The fourth-order valence-electron chi connectivity index (χ4n) is 3.33. The molecule has 1 saturated heterocycles. The molecule has 3 heterocycles. The molecule has 1 aliphatic heterocycles. The van der Waals surface area contributed by atoms with E-state index >= 15 is 0 Å². The molecule has 0 unspecified atom stereocenters. The Kier molecular flexibility index (Phi) is 4.11. The third-order valence-corrected chi connectivity index (χ3v) is 4.84. The highest BCUT2D eigenvalue weighted by Crippen LogP contribution is 2.29. The van der Waals surface area contributed by atoms with Crippen molar-refractivity contribution >= 4 is 16.9 Å². The highest BCUT2D eigenvalue weighted by atomic mass is 19.3. The molecule has 1 aromatic carbocycles. The number of carbonyl (C=O) groups excluding carboxylic acids is 1. The van der Waals surface area contributed by atoms with Gasteiger partial charge in [-0.25, -0.2) is 13.8 Å². The summed E-state index contributed by atoms with van der Waals surface area (Å²) >= 11 is 0. The number of alkyl halides is 2. The molecular weight excluding hydrogens is 350 g/mol. The van der Waals surface area contributed by atoms with Crippen LogP contribution in [0, 0.1) is 11.3 Å². The first-order valence-corrected chi connectivity index (χ1v) is 8.62. The van der Waals surface area contributed by atoms with Gasteiger partial charge in [-0.15, -0.1) is 0 Å². The zero-order valence-corrected chi connectivity index (χ0v) is 14.4. The molecule has 0 spiro atoms. The van der Waals surface area contributed by atoms with Crippen LogP contribution in [0.5, 0.6) is 0 Å². The van der Waals surface area contributed by atoms with E-state index in [1.54, 1.807) is 29.0 Å². The van der Waals surface area contributed by atoms with Crippen molar-refractivity contribution in [3.05, 3.63) is 59.9 Å². The maximum atomic E-state index is 13.3. The van der Waals surface area contributed by atoms with Gasteiger partial charge >= 0.3 is 0 Å². The van der Waals surface area contributed by atoms with Crippen LogP contribution in [0.4, 0.5) is 8.78 Å². The predicted octanol–water partition coefficient (Wildman–Crippen LogP) is 3.77. The maximum Gasteiger partial charge on any atom is 0.255 e. The number of nitriles is 1. The van der Waals surface area contributed by atoms with Gasteiger partial charge in [0.05, 0.1) is 16.8 Å². The Hall–Kier alpha value is -3.27. The van der Waals surface area contributed by atoms with Crippen molar-refractivity contribution < 1.29 is 13.6 Å². The standard InChI is InChI=1S/C20H16F2N4O/c21-20(22)6-9-25(10-7-20)19(27)16-11-14-5-8-26(18(14)24-13-16)17-4-2-1-3-15(17)12-23/h1-5,8,11,13H,6-7,9-10H2. The number of amides is 1. The number of aromatic nitrogens is 2. The highest BCUT2D eigenvalue weighted by molar-refractivity contribution is 5.97. The Balaban J connectivity index is 1.65. The predicted molar refractivity (Wildman–Crippen MR) is 95.9 cm³/mol. The number of piperidine rings is 1. The van der Waals surface area contributed by atoms with Gasteiger partial charge in [-0.2, -0.15) is 5.26 Å². The normalized spacial score (nSPS) is 16.3. The van der Waals surface area contributed by atoms with Crippen molar-refractivity contribution in [2.24, 2.45) is 0 Å². The summed E-state index contributed by atoms with van der Waals surface area (Å²) in [6.07, 6.45) is 2.64. The number of benzene rings is 1. The third kappa shape index (κ3) is 3.14. The van der Waals surface area contributed by atoms with Crippen LogP contribution < -0.4 is 0 Å². The van der Waals surface area contributed by atoms with E-state index in [2.05, 4.69) is 11.1 Å². The van der Waals surface area contributed by atoms with E-state index in [1.807, 2.05) is 18.2 Å². The maximum absolute atomic E-state index is 13.3. The molecule has 0 saturated carbocycles. The minimum absolute atomic E-state index is 0.0421. The van der Waals surface area contributed by atoms with Gasteiger partial charge in [0.2, 0.25) is 0 Å². The van der Waals surface area contributed by atoms with E-state index in [0.29, 0.717) is 22.5 Å². The van der Waals surface area contributed by atoms with E-state index < -0.39 is 5.92 Å². The van der Waals surface area contributed by atoms with Crippen LogP contribution in [0.15, 0.2) is 48.8 Å². The Bertz CT molecular complexity index is 1060. The van der Waals surface area contributed by atoms with Crippen molar-refractivity contribution in [1.29, 1.82) is 5.26 Å². The van der Waals surface area contributed by atoms with Gasteiger partial charge in [0, 0.05) is 43.7 Å². The van der Waals surface area contributed by atoms with Crippen molar-refractivity contribution in [2.45, 2.75) is 18.8 Å². The van der Waals surface area contributed by atoms with Crippen LogP contribution in [0.1, 0.15) is 28.8 Å². The molecule has 0 aliphatic carbocycles. The number of para-hydroxylation sites is 1. The zero-order chi connectivity index (χ0) is 19.0. The SMILES string of the molecule is N#Cc1ccccc1-n1ccc2cc(C(=O)N3CCC(F)(F)CC3)cnc21. The summed E-state index contributed by atoms with van der Waals surface area (Å²) in [4.78, 5) is 18.5. The molecule has 7 heteroatoms. The van der Waals surface area contributed by atoms with Crippen molar-refractivity contribution in [3.8, 4) is 11.8 Å². The molecule has 27 heavy (non-hydrogen) atoms. The summed E-state index contributed by atoms with van der Waals surface area (Å²) in [6, 6.07) is 12.9. The first-order valence-electron chi connectivity index (χ1n) is 8.62. The minimum atomic E-state index is -2.69. The first-order chi connectivity index (χ1) is 13.0. The second kappa shape index (κ2) is 6.47. The molecule has 5 nitrogen and oxygen atoms in total. The number of carbonyl (C=O) groups is 1. The average molecular weight is 366 g/mol. The molecular formula is C20H16F2N4O. The van der Waals surface area contributed by atoms with Gasteiger partial charge in [0.25, 0.3) is 11.8 Å². The second-order valence-electron chi connectivity index (χ2n) is 6.60. The molecule has 1 amide bonds. The summed E-state index contributed by atoms with van der Waals surface area (Å²) in [6.45, 7) is 0.0842. The Labute approximate surface area is 154 Å². The monoisotopic (exact) mass is 366 g/mol. The van der Waals surface area contributed by atoms with Crippen LogP contribution in [0.2, 0.25) is 0 Å². The average Bonchev–Trinajstić information content (AvgIpc) is 3.10. The summed E-state index contributed by atoms with van der Waals surface area (Å²) in [5, 5.41) is 10.0. The van der Waals surface area contributed by atoms with Crippen LogP contribution in [-0.4, -0.2) is 39.4 Å². The molecule has 0 N–H and O–H groups in total. The molecule has 0 radical (unpaired) electrons. The first kappa shape index (κ1) is 17.2. The quantitative estimate of drug-likeness (QED) is 0.694. The highest BCUT2D eigenvalue weighted by Gasteiger charge is 2.35. The number of hydrogen-bond donors (Lipinski definition) is 0. The van der Waals surface area contributed by atoms with E-state index in [-0.39, 0.29) is 31.8 Å². The lowest BCUT2D eigenvalue weighted by molar-refractivity contribution is -0.0494. The fraction of sp³-hybridized carbons (Fsp3) is 0.250. The molecule has 136 valence electrons. The van der Waals surface area contributed by atoms with Gasteiger partial charge in [0.15, 0.2) is 0 Å². The summed E-state index contributed by atoms with van der Waals surface area (Å²) < 4.78 is 28.4. The number of fused-ring (bicyclic) bond motifs is 1. The van der Waals surface area contributed by atoms with Gasteiger partial charge in [-0.1, -0.05) is 12.1 Å². The zero-order valence-electron chi connectivity index (χ0n) is 14.4. The number of hydrogen-bond acceptors (Lipinski definition) is 3. The van der Waals surface area contributed by atoms with E-state index in [9.17, 15) is 18.8 Å². The number of halogens is 2. The van der Waals surface area contributed by atoms with Crippen LogP contribution in [0.3, 0.4) is 0 Å². The third-order valence-electron chi connectivity index (χ3n) is 4.84. The van der Waals surface area contributed by atoms with Crippen molar-refractivity contribution in [2.75, 3.05) is 13.1 Å². The molecule has 0 atom stereocenters. The van der Waals surface area contributed by atoms with Gasteiger partial charge in [-0.3, -0.25) is 9.36 Å². The molecule has 1 aliphatic rings. The van der Waals surface area contributed by atoms with E-state index in [1.165, 1.54) is 11.1 Å². The largest absolute Gasteiger partial charge is 0.338 e. The fourth-order valence-corrected chi connectivity index (χ4v) is 3.33. The topological polar surface area (TPSA) is 61.9 Å².